The molecule has 0 radical (unpaired) electrons. The third-order valence-electron chi connectivity index (χ3n) is 2.75. The Kier molecular flexibility index (Phi) is 3.53. The van der Waals surface area contributed by atoms with Crippen molar-refractivity contribution in [3.05, 3.63) is 58.1 Å². The Hall–Kier alpha value is -1.94. The number of aryl methyl sites for hydroxylation is 1. The van der Waals surface area contributed by atoms with E-state index in [1.165, 1.54) is 31.2 Å². The maximum atomic E-state index is 13.8. The number of hydrogen-bond donors (Lipinski definition) is 1. The lowest BCUT2D eigenvalue weighted by atomic mass is 10.0. The Bertz CT molecular complexity index is 669. The molecule has 1 N–H and O–H groups in total. The smallest absolute Gasteiger partial charge is 0.335 e. The average Bonchev–Trinajstić information content (AvgIpc) is 2.34. The highest BCUT2D eigenvalue weighted by molar-refractivity contribution is 6.33. The van der Waals surface area contributed by atoms with E-state index in [1.807, 2.05) is 0 Å². The summed E-state index contributed by atoms with van der Waals surface area (Å²) < 4.78 is 27.0. The van der Waals surface area contributed by atoms with Crippen molar-refractivity contribution in [1.82, 2.24) is 0 Å². The van der Waals surface area contributed by atoms with Crippen LogP contribution in [0.3, 0.4) is 0 Å². The van der Waals surface area contributed by atoms with E-state index in [0.717, 1.165) is 6.07 Å². The predicted molar refractivity (Wildman–Crippen MR) is 68.5 cm³/mol. The number of benzene rings is 2. The van der Waals surface area contributed by atoms with Crippen LogP contribution < -0.4 is 0 Å². The first-order valence-electron chi connectivity index (χ1n) is 5.39. The Balaban J connectivity index is 2.67. The van der Waals surface area contributed by atoms with Gasteiger partial charge in [0.15, 0.2) is 0 Å². The number of aromatic carboxylic acids is 1. The van der Waals surface area contributed by atoms with Gasteiger partial charge in [-0.2, -0.15) is 0 Å². The van der Waals surface area contributed by atoms with Gasteiger partial charge in [0.1, 0.15) is 11.6 Å². The SMILES string of the molecule is Cc1cc(-c2cc(C(=O)O)ccc2Cl)c(F)cc1F. The summed E-state index contributed by atoms with van der Waals surface area (Å²) in [5.41, 5.74) is 0.545. The molecule has 0 saturated carbocycles. The van der Waals surface area contributed by atoms with Crippen molar-refractivity contribution in [1.29, 1.82) is 0 Å². The van der Waals surface area contributed by atoms with Gasteiger partial charge in [-0.05, 0) is 36.8 Å². The molecule has 98 valence electrons. The summed E-state index contributed by atoms with van der Waals surface area (Å²) in [6.45, 7) is 1.49. The molecule has 0 aliphatic heterocycles. The number of carboxylic acids is 1. The van der Waals surface area contributed by atoms with Gasteiger partial charge in [-0.3, -0.25) is 0 Å². The minimum Gasteiger partial charge on any atom is -0.478 e. The molecule has 0 amide bonds. The van der Waals surface area contributed by atoms with Gasteiger partial charge in [0.2, 0.25) is 0 Å². The first-order chi connectivity index (χ1) is 8.90. The third-order valence-corrected chi connectivity index (χ3v) is 3.08. The second-order valence-corrected chi connectivity index (χ2v) is 4.49. The highest BCUT2D eigenvalue weighted by Gasteiger charge is 2.14. The summed E-state index contributed by atoms with van der Waals surface area (Å²) in [6.07, 6.45) is 0. The maximum Gasteiger partial charge on any atom is 0.335 e. The molecule has 0 aliphatic carbocycles. The summed E-state index contributed by atoms with van der Waals surface area (Å²) in [6, 6.07) is 6.02. The monoisotopic (exact) mass is 282 g/mol. The van der Waals surface area contributed by atoms with Gasteiger partial charge in [0, 0.05) is 22.2 Å². The molecule has 0 saturated heterocycles. The van der Waals surface area contributed by atoms with Crippen LogP contribution >= 0.6 is 11.6 Å². The van der Waals surface area contributed by atoms with E-state index in [4.69, 9.17) is 16.7 Å². The van der Waals surface area contributed by atoms with E-state index in [1.54, 1.807) is 0 Å². The van der Waals surface area contributed by atoms with Crippen molar-refractivity contribution in [2.75, 3.05) is 0 Å². The van der Waals surface area contributed by atoms with Gasteiger partial charge >= 0.3 is 5.97 Å². The van der Waals surface area contributed by atoms with Gasteiger partial charge in [-0.25, -0.2) is 13.6 Å². The van der Waals surface area contributed by atoms with Gasteiger partial charge in [0.05, 0.1) is 5.56 Å². The number of rotatable bonds is 2. The number of carboxylic acid groups (broad SMARTS) is 1. The van der Waals surface area contributed by atoms with E-state index < -0.39 is 17.6 Å². The van der Waals surface area contributed by atoms with Crippen molar-refractivity contribution in [2.24, 2.45) is 0 Å². The first kappa shape index (κ1) is 13.5. The van der Waals surface area contributed by atoms with Crippen molar-refractivity contribution in [2.45, 2.75) is 6.92 Å². The highest BCUT2D eigenvalue weighted by atomic mass is 35.5. The molecular formula is C14H9ClF2O2. The minimum atomic E-state index is -1.14. The number of halogens is 3. The molecule has 2 aromatic rings. The van der Waals surface area contributed by atoms with Gasteiger partial charge in [0.25, 0.3) is 0 Å². The zero-order chi connectivity index (χ0) is 14.2. The molecule has 2 aromatic carbocycles. The lowest BCUT2D eigenvalue weighted by Crippen LogP contribution is -1.98. The van der Waals surface area contributed by atoms with E-state index >= 15 is 0 Å². The Labute approximate surface area is 113 Å². The molecule has 0 fully saturated rings. The standard InChI is InChI=1S/C14H9ClF2O2/c1-7-4-10(13(17)6-12(7)16)9-5-8(14(18)19)2-3-11(9)15/h2-6H,1H3,(H,18,19). The Morgan fingerprint density at radius 1 is 1.11 bits per heavy atom. The summed E-state index contributed by atoms with van der Waals surface area (Å²) >= 11 is 5.95. The quantitative estimate of drug-likeness (QED) is 0.892. The Morgan fingerprint density at radius 2 is 1.79 bits per heavy atom. The van der Waals surface area contributed by atoms with Gasteiger partial charge in [-0.15, -0.1) is 0 Å². The highest BCUT2D eigenvalue weighted by Crippen LogP contribution is 2.32. The first-order valence-corrected chi connectivity index (χ1v) is 5.77. The summed E-state index contributed by atoms with van der Waals surface area (Å²) in [4.78, 5) is 10.9. The van der Waals surface area contributed by atoms with Crippen LogP contribution in [-0.4, -0.2) is 11.1 Å². The average molecular weight is 283 g/mol. The second-order valence-electron chi connectivity index (χ2n) is 4.08. The molecule has 2 nitrogen and oxygen atoms in total. The van der Waals surface area contributed by atoms with Crippen LogP contribution in [-0.2, 0) is 0 Å². The fourth-order valence-electron chi connectivity index (χ4n) is 1.73. The lowest BCUT2D eigenvalue weighted by Gasteiger charge is -2.09. The van der Waals surface area contributed by atoms with E-state index in [2.05, 4.69) is 0 Å². The fraction of sp³-hybridized carbons (Fsp3) is 0.0714. The van der Waals surface area contributed by atoms with E-state index in [-0.39, 0.29) is 27.3 Å². The molecule has 0 unspecified atom stereocenters. The van der Waals surface area contributed by atoms with E-state index in [0.29, 0.717) is 0 Å². The lowest BCUT2D eigenvalue weighted by molar-refractivity contribution is 0.0697. The summed E-state index contributed by atoms with van der Waals surface area (Å²) in [5, 5.41) is 9.12. The molecule has 0 bridgehead atoms. The number of hydrogen-bond acceptors (Lipinski definition) is 1. The van der Waals surface area contributed by atoms with Gasteiger partial charge < -0.3 is 5.11 Å². The van der Waals surface area contributed by atoms with Crippen molar-refractivity contribution < 1.29 is 18.7 Å². The maximum absolute atomic E-state index is 13.8. The predicted octanol–water partition coefficient (Wildman–Crippen LogP) is 4.29. The van der Waals surface area contributed by atoms with Gasteiger partial charge in [-0.1, -0.05) is 11.6 Å². The van der Waals surface area contributed by atoms with Crippen molar-refractivity contribution in [3.8, 4) is 11.1 Å². The fourth-order valence-corrected chi connectivity index (χ4v) is 1.95. The van der Waals surface area contributed by atoms with E-state index in [9.17, 15) is 13.6 Å². The molecule has 5 heteroatoms. The van der Waals surface area contributed by atoms with Crippen molar-refractivity contribution in [3.63, 3.8) is 0 Å². The van der Waals surface area contributed by atoms with Crippen LogP contribution in [0, 0.1) is 18.6 Å². The van der Waals surface area contributed by atoms with Crippen LogP contribution in [0.2, 0.25) is 5.02 Å². The topological polar surface area (TPSA) is 37.3 Å². The second kappa shape index (κ2) is 4.97. The summed E-state index contributed by atoms with van der Waals surface area (Å²) in [7, 11) is 0. The van der Waals surface area contributed by atoms with Crippen LogP contribution in [0.25, 0.3) is 11.1 Å². The molecule has 0 spiro atoms. The molecular weight excluding hydrogens is 274 g/mol. The molecule has 2 rings (SSSR count). The van der Waals surface area contributed by atoms with Crippen LogP contribution in [0.5, 0.6) is 0 Å². The van der Waals surface area contributed by atoms with Crippen molar-refractivity contribution >= 4 is 17.6 Å². The molecule has 0 aromatic heterocycles. The third kappa shape index (κ3) is 2.58. The zero-order valence-electron chi connectivity index (χ0n) is 9.88. The molecule has 19 heavy (non-hydrogen) atoms. The number of carbonyl (C=O) groups is 1. The summed E-state index contributed by atoms with van der Waals surface area (Å²) in [5.74, 6) is -2.59. The Morgan fingerprint density at radius 3 is 2.42 bits per heavy atom. The van der Waals surface area contributed by atoms with Crippen LogP contribution in [0.1, 0.15) is 15.9 Å². The molecule has 0 atom stereocenters. The largest absolute Gasteiger partial charge is 0.478 e. The van der Waals surface area contributed by atoms with Crippen LogP contribution in [0.4, 0.5) is 8.78 Å². The zero-order valence-corrected chi connectivity index (χ0v) is 10.6. The molecule has 0 aliphatic rings. The van der Waals surface area contributed by atoms with Crippen LogP contribution in [0.15, 0.2) is 30.3 Å². The minimum absolute atomic E-state index is 0.0132. The normalized spacial score (nSPS) is 10.5. The molecule has 0 heterocycles.